The minimum atomic E-state index is -0.348. The first-order valence-corrected chi connectivity index (χ1v) is 8.83. The van der Waals surface area contributed by atoms with Gasteiger partial charge in [0.05, 0.1) is 5.92 Å². The minimum Gasteiger partial charge on any atom is -0.301 e. The molecule has 1 N–H and O–H groups in total. The number of aromatic nitrogens is 1. The Kier molecular flexibility index (Phi) is 5.06. The minimum absolute atomic E-state index is 0.0583. The number of thiazole rings is 1. The lowest BCUT2D eigenvalue weighted by molar-refractivity contribution is -0.116. The van der Waals surface area contributed by atoms with Gasteiger partial charge in [-0.15, -0.1) is 11.3 Å². The van der Waals surface area contributed by atoms with Crippen molar-refractivity contribution in [2.24, 2.45) is 0 Å². The average molecular weight is 336 g/mol. The number of carbonyl (C=O) groups is 1. The average Bonchev–Trinajstić information content (AvgIpc) is 3.06. The molecule has 0 radical (unpaired) electrons. The fraction of sp³-hybridized carbons (Fsp3) is 0.200. The van der Waals surface area contributed by atoms with Crippen molar-refractivity contribution in [2.75, 3.05) is 5.32 Å². The van der Waals surface area contributed by atoms with Crippen molar-refractivity contribution >= 4 is 22.4 Å². The standard InChI is InChI=1S/C20H20N2OS/c1-14(2)17-13-21-20(24-17)22-19(23)18(15-9-5-3-6-10-15)16-11-7-4-8-12-16/h3-14,18H,1-2H3,(H,21,22,23). The van der Waals surface area contributed by atoms with Crippen LogP contribution in [0.5, 0.6) is 0 Å². The summed E-state index contributed by atoms with van der Waals surface area (Å²) in [5.41, 5.74) is 1.95. The van der Waals surface area contributed by atoms with E-state index in [-0.39, 0.29) is 11.8 Å². The number of nitrogens with zero attached hydrogens (tertiary/aromatic N) is 1. The Labute approximate surface area is 146 Å². The Morgan fingerprint density at radius 2 is 1.50 bits per heavy atom. The van der Waals surface area contributed by atoms with E-state index < -0.39 is 0 Å². The largest absolute Gasteiger partial charge is 0.301 e. The zero-order chi connectivity index (χ0) is 16.9. The summed E-state index contributed by atoms with van der Waals surface area (Å²) in [5, 5.41) is 3.64. The van der Waals surface area contributed by atoms with Gasteiger partial charge in [0.15, 0.2) is 5.13 Å². The van der Waals surface area contributed by atoms with Gasteiger partial charge in [-0.1, -0.05) is 74.5 Å². The highest BCUT2D eigenvalue weighted by Crippen LogP contribution is 2.29. The van der Waals surface area contributed by atoms with Gasteiger partial charge in [0.25, 0.3) is 0 Å². The lowest BCUT2D eigenvalue weighted by Crippen LogP contribution is -2.22. The number of carbonyl (C=O) groups excluding carboxylic acids is 1. The summed E-state index contributed by atoms with van der Waals surface area (Å²) in [6.45, 7) is 4.24. The number of benzene rings is 2. The quantitative estimate of drug-likeness (QED) is 0.709. The molecular weight excluding hydrogens is 316 g/mol. The normalized spacial score (nSPS) is 11.0. The van der Waals surface area contributed by atoms with Crippen LogP contribution in [0.3, 0.4) is 0 Å². The number of anilines is 1. The molecule has 0 atom stereocenters. The van der Waals surface area contributed by atoms with Crippen molar-refractivity contribution in [3.8, 4) is 0 Å². The molecule has 0 aliphatic heterocycles. The van der Waals surface area contributed by atoms with Crippen molar-refractivity contribution in [3.05, 3.63) is 82.9 Å². The highest BCUT2D eigenvalue weighted by Gasteiger charge is 2.23. The monoisotopic (exact) mass is 336 g/mol. The van der Waals surface area contributed by atoms with E-state index in [1.54, 1.807) is 0 Å². The van der Waals surface area contributed by atoms with Gasteiger partial charge >= 0.3 is 0 Å². The molecule has 1 aromatic heterocycles. The Balaban J connectivity index is 1.89. The van der Waals surface area contributed by atoms with Crippen LogP contribution in [0.2, 0.25) is 0 Å². The van der Waals surface area contributed by atoms with Gasteiger partial charge in [-0.25, -0.2) is 4.98 Å². The molecule has 24 heavy (non-hydrogen) atoms. The number of rotatable bonds is 5. The Morgan fingerprint density at radius 1 is 0.958 bits per heavy atom. The van der Waals surface area contributed by atoms with Crippen molar-refractivity contribution < 1.29 is 4.79 Å². The number of nitrogens with one attached hydrogen (secondary N) is 1. The van der Waals surface area contributed by atoms with Crippen LogP contribution in [-0.4, -0.2) is 10.9 Å². The second-order valence-electron chi connectivity index (χ2n) is 5.97. The van der Waals surface area contributed by atoms with Crippen LogP contribution in [0.4, 0.5) is 5.13 Å². The van der Waals surface area contributed by atoms with Crippen molar-refractivity contribution in [2.45, 2.75) is 25.7 Å². The van der Waals surface area contributed by atoms with Crippen LogP contribution >= 0.6 is 11.3 Å². The SMILES string of the molecule is CC(C)c1cnc(NC(=O)C(c2ccccc2)c2ccccc2)s1. The van der Waals surface area contributed by atoms with Crippen molar-refractivity contribution in [1.29, 1.82) is 0 Å². The molecule has 3 rings (SSSR count). The molecule has 0 saturated heterocycles. The highest BCUT2D eigenvalue weighted by molar-refractivity contribution is 7.15. The summed E-state index contributed by atoms with van der Waals surface area (Å²) in [4.78, 5) is 18.4. The van der Waals surface area contributed by atoms with Gasteiger partial charge in [0, 0.05) is 11.1 Å². The predicted octanol–water partition coefficient (Wildman–Crippen LogP) is 5.04. The maximum Gasteiger partial charge on any atom is 0.238 e. The van der Waals surface area contributed by atoms with Gasteiger partial charge in [-0.3, -0.25) is 4.79 Å². The van der Waals surface area contributed by atoms with Crippen molar-refractivity contribution in [1.82, 2.24) is 4.98 Å². The van der Waals surface area contributed by atoms with Crippen LogP contribution in [0.15, 0.2) is 66.9 Å². The molecule has 0 saturated carbocycles. The van der Waals surface area contributed by atoms with Crippen LogP contribution in [0.1, 0.15) is 41.7 Å². The summed E-state index contributed by atoms with van der Waals surface area (Å²) in [6, 6.07) is 19.7. The first-order chi connectivity index (χ1) is 11.6. The molecule has 3 nitrogen and oxygen atoms in total. The van der Waals surface area contributed by atoms with Crippen LogP contribution in [0.25, 0.3) is 0 Å². The lowest BCUT2D eigenvalue weighted by Gasteiger charge is -2.17. The summed E-state index contributed by atoms with van der Waals surface area (Å²) in [6.07, 6.45) is 1.84. The molecule has 0 aliphatic carbocycles. The third-order valence-electron chi connectivity index (χ3n) is 3.85. The fourth-order valence-electron chi connectivity index (χ4n) is 2.58. The van der Waals surface area contributed by atoms with E-state index in [1.807, 2.05) is 66.9 Å². The van der Waals surface area contributed by atoms with Gasteiger partial charge in [-0.2, -0.15) is 0 Å². The van der Waals surface area contributed by atoms with E-state index in [9.17, 15) is 4.79 Å². The lowest BCUT2D eigenvalue weighted by atomic mass is 9.90. The molecule has 1 heterocycles. The molecule has 0 bridgehead atoms. The maximum atomic E-state index is 12.9. The maximum absolute atomic E-state index is 12.9. The van der Waals surface area contributed by atoms with Gasteiger partial charge in [-0.05, 0) is 17.0 Å². The zero-order valence-electron chi connectivity index (χ0n) is 13.8. The second-order valence-corrected chi connectivity index (χ2v) is 7.03. The molecule has 4 heteroatoms. The molecule has 0 aliphatic rings. The topological polar surface area (TPSA) is 42.0 Å². The summed E-state index contributed by atoms with van der Waals surface area (Å²) >= 11 is 1.53. The smallest absolute Gasteiger partial charge is 0.238 e. The molecule has 1 amide bonds. The highest BCUT2D eigenvalue weighted by atomic mass is 32.1. The third kappa shape index (κ3) is 3.71. The molecule has 0 fully saturated rings. The second kappa shape index (κ2) is 7.41. The molecule has 2 aromatic carbocycles. The van der Waals surface area contributed by atoms with Gasteiger partial charge in [0.2, 0.25) is 5.91 Å². The van der Waals surface area contributed by atoms with Gasteiger partial charge in [0.1, 0.15) is 0 Å². The van der Waals surface area contributed by atoms with E-state index in [4.69, 9.17) is 0 Å². The molecule has 3 aromatic rings. The zero-order valence-corrected chi connectivity index (χ0v) is 14.6. The summed E-state index contributed by atoms with van der Waals surface area (Å²) < 4.78 is 0. The van der Waals surface area contributed by atoms with E-state index in [0.29, 0.717) is 11.0 Å². The van der Waals surface area contributed by atoms with E-state index in [2.05, 4.69) is 24.1 Å². The van der Waals surface area contributed by atoms with E-state index in [0.717, 1.165) is 11.1 Å². The summed E-state index contributed by atoms with van der Waals surface area (Å²) in [5.74, 6) is 0.00283. The third-order valence-corrected chi connectivity index (χ3v) is 5.06. The predicted molar refractivity (Wildman–Crippen MR) is 99.6 cm³/mol. The van der Waals surface area contributed by atoms with Crippen molar-refractivity contribution in [3.63, 3.8) is 0 Å². The van der Waals surface area contributed by atoms with Crippen LogP contribution in [0, 0.1) is 0 Å². The van der Waals surface area contributed by atoms with Gasteiger partial charge < -0.3 is 5.32 Å². The summed E-state index contributed by atoms with van der Waals surface area (Å²) in [7, 11) is 0. The Hall–Kier alpha value is -2.46. The molecule has 0 spiro atoms. The number of amides is 1. The first kappa shape index (κ1) is 16.4. The molecular formula is C20H20N2OS. The van der Waals surface area contributed by atoms with E-state index >= 15 is 0 Å². The Bertz CT molecular complexity index is 757. The first-order valence-electron chi connectivity index (χ1n) is 8.01. The van der Waals surface area contributed by atoms with E-state index in [1.165, 1.54) is 16.2 Å². The fourth-order valence-corrected chi connectivity index (χ4v) is 3.40. The van der Waals surface area contributed by atoms with Crippen LogP contribution in [-0.2, 0) is 4.79 Å². The Morgan fingerprint density at radius 3 is 1.96 bits per heavy atom. The van der Waals surface area contributed by atoms with Crippen LogP contribution < -0.4 is 5.32 Å². The molecule has 0 unspecified atom stereocenters. The molecule has 122 valence electrons. The number of hydrogen-bond acceptors (Lipinski definition) is 3. The number of hydrogen-bond donors (Lipinski definition) is 1.